The van der Waals surface area contributed by atoms with Crippen molar-refractivity contribution in [2.45, 2.75) is 65.8 Å². The van der Waals surface area contributed by atoms with Crippen LogP contribution in [0.5, 0.6) is 0 Å². The number of aromatic nitrogens is 3. The fourth-order valence-electron chi connectivity index (χ4n) is 3.19. The lowest BCUT2D eigenvalue weighted by Crippen LogP contribution is -2.26. The van der Waals surface area contributed by atoms with Crippen LogP contribution >= 0.6 is 0 Å². The van der Waals surface area contributed by atoms with Crippen LogP contribution < -0.4 is 5.32 Å². The van der Waals surface area contributed by atoms with Gasteiger partial charge in [-0.15, -0.1) is 5.10 Å². The second-order valence-electron chi connectivity index (χ2n) is 5.59. The van der Waals surface area contributed by atoms with Gasteiger partial charge < -0.3 is 5.32 Å². The largest absolute Gasteiger partial charge is 0.350 e. The molecule has 1 N–H and O–H groups in total. The number of hydrogen-bond donors (Lipinski definition) is 1. The van der Waals surface area contributed by atoms with Crippen molar-refractivity contribution < 1.29 is 0 Å². The summed E-state index contributed by atoms with van der Waals surface area (Å²) in [6.45, 7) is 8.85. The molecule has 0 bridgehead atoms. The van der Waals surface area contributed by atoms with Crippen LogP contribution in [0.15, 0.2) is 0 Å². The van der Waals surface area contributed by atoms with E-state index >= 15 is 0 Å². The van der Waals surface area contributed by atoms with Crippen molar-refractivity contribution in [2.75, 3.05) is 5.32 Å². The van der Waals surface area contributed by atoms with Crippen molar-refractivity contribution in [3.63, 3.8) is 0 Å². The highest BCUT2D eigenvalue weighted by Crippen LogP contribution is 2.35. The molecule has 4 nitrogen and oxygen atoms in total. The zero-order valence-corrected chi connectivity index (χ0v) is 12.6. The Balaban J connectivity index is 2.07. The summed E-state index contributed by atoms with van der Waals surface area (Å²) >= 11 is 0. The fraction of sp³-hybridized carbons (Fsp3) is 0.800. The normalized spacial score (nSPS) is 26.6. The van der Waals surface area contributed by atoms with Crippen LogP contribution in [0.1, 0.15) is 58.3 Å². The number of hydrogen-bond acceptors (Lipinski definition) is 4. The number of nitrogens with one attached hydrogen (secondary N) is 1. The Labute approximate surface area is 116 Å². The average Bonchev–Trinajstić information content (AvgIpc) is 2.79. The maximum atomic E-state index is 4.63. The minimum Gasteiger partial charge on any atom is -0.350 e. The Morgan fingerprint density at radius 2 is 1.79 bits per heavy atom. The first-order valence-electron chi connectivity index (χ1n) is 7.68. The molecular formula is C15H26N4. The zero-order chi connectivity index (χ0) is 13.8. The lowest BCUT2D eigenvalue weighted by molar-refractivity contribution is 0.391. The summed E-state index contributed by atoms with van der Waals surface area (Å²) in [5.41, 5.74) is 2.11. The average molecular weight is 262 g/mol. The van der Waals surface area contributed by atoms with Crippen molar-refractivity contribution in [1.29, 1.82) is 0 Å². The first-order chi connectivity index (χ1) is 9.19. The van der Waals surface area contributed by atoms with E-state index < -0.39 is 0 Å². The molecular weight excluding hydrogens is 236 g/mol. The second kappa shape index (κ2) is 6.31. The van der Waals surface area contributed by atoms with E-state index in [9.17, 15) is 0 Å². The first-order valence-corrected chi connectivity index (χ1v) is 7.68. The van der Waals surface area contributed by atoms with E-state index in [4.69, 9.17) is 0 Å². The standard InChI is InChI=1S/C15H26N4/c1-5-11-8-9-14(10(11)4)17-15-16-12(6-2)13(7-3)18-19-15/h10-11,14H,5-9H2,1-4H3,(H,16,17,19). The van der Waals surface area contributed by atoms with Gasteiger partial charge in [-0.2, -0.15) is 5.10 Å². The quantitative estimate of drug-likeness (QED) is 0.885. The molecule has 1 saturated carbocycles. The van der Waals surface area contributed by atoms with E-state index in [1.54, 1.807) is 0 Å². The Morgan fingerprint density at radius 3 is 2.37 bits per heavy atom. The predicted octanol–water partition coefficient (Wildman–Crippen LogP) is 3.23. The first kappa shape index (κ1) is 14.2. The minimum absolute atomic E-state index is 0.504. The van der Waals surface area contributed by atoms with Gasteiger partial charge in [0.15, 0.2) is 0 Å². The molecule has 0 spiro atoms. The van der Waals surface area contributed by atoms with E-state index in [0.29, 0.717) is 17.9 Å². The van der Waals surface area contributed by atoms with Gasteiger partial charge in [0.25, 0.3) is 0 Å². The number of aryl methyl sites for hydroxylation is 2. The van der Waals surface area contributed by atoms with E-state index in [2.05, 4.69) is 48.2 Å². The zero-order valence-electron chi connectivity index (χ0n) is 12.6. The molecule has 1 aliphatic carbocycles. The summed E-state index contributed by atoms with van der Waals surface area (Å²) in [7, 11) is 0. The van der Waals surface area contributed by atoms with Gasteiger partial charge in [0, 0.05) is 6.04 Å². The van der Waals surface area contributed by atoms with Crippen LogP contribution in [0.2, 0.25) is 0 Å². The summed E-state index contributed by atoms with van der Waals surface area (Å²) in [6.07, 6.45) is 5.64. The van der Waals surface area contributed by atoms with Gasteiger partial charge in [0.1, 0.15) is 0 Å². The van der Waals surface area contributed by atoms with Gasteiger partial charge in [0.2, 0.25) is 5.95 Å². The monoisotopic (exact) mass is 262 g/mol. The van der Waals surface area contributed by atoms with E-state index in [-0.39, 0.29) is 0 Å². The Bertz CT molecular complexity index is 419. The highest BCUT2D eigenvalue weighted by Gasteiger charge is 2.31. The van der Waals surface area contributed by atoms with Crippen LogP contribution in [0.25, 0.3) is 0 Å². The van der Waals surface area contributed by atoms with Crippen molar-refractivity contribution in [2.24, 2.45) is 11.8 Å². The molecule has 0 radical (unpaired) electrons. The maximum Gasteiger partial charge on any atom is 0.243 e. The van der Waals surface area contributed by atoms with Gasteiger partial charge >= 0.3 is 0 Å². The Morgan fingerprint density at radius 1 is 1.05 bits per heavy atom. The molecule has 1 aliphatic rings. The summed E-state index contributed by atoms with van der Waals surface area (Å²) < 4.78 is 0. The summed E-state index contributed by atoms with van der Waals surface area (Å²) in [4.78, 5) is 4.63. The topological polar surface area (TPSA) is 50.7 Å². The fourth-order valence-corrected chi connectivity index (χ4v) is 3.19. The summed E-state index contributed by atoms with van der Waals surface area (Å²) in [6, 6.07) is 0.504. The van der Waals surface area contributed by atoms with Crippen molar-refractivity contribution in [3.05, 3.63) is 11.4 Å². The molecule has 4 heteroatoms. The molecule has 1 heterocycles. The number of nitrogens with zero attached hydrogens (tertiary/aromatic N) is 3. The van der Waals surface area contributed by atoms with Crippen LogP contribution in [-0.4, -0.2) is 21.2 Å². The minimum atomic E-state index is 0.504. The molecule has 2 rings (SSSR count). The Kier molecular flexibility index (Phi) is 4.72. The van der Waals surface area contributed by atoms with Crippen LogP contribution in [-0.2, 0) is 12.8 Å². The molecule has 0 saturated heterocycles. The third kappa shape index (κ3) is 3.04. The smallest absolute Gasteiger partial charge is 0.243 e. The lowest BCUT2D eigenvalue weighted by Gasteiger charge is -2.21. The molecule has 1 aromatic rings. The molecule has 0 aliphatic heterocycles. The van der Waals surface area contributed by atoms with E-state index in [1.165, 1.54) is 19.3 Å². The molecule has 3 unspecified atom stereocenters. The van der Waals surface area contributed by atoms with Crippen LogP contribution in [0, 0.1) is 11.8 Å². The Hall–Kier alpha value is -1.19. The lowest BCUT2D eigenvalue weighted by atomic mass is 9.94. The number of rotatable bonds is 5. The third-order valence-electron chi connectivity index (χ3n) is 4.57. The summed E-state index contributed by atoms with van der Waals surface area (Å²) in [5.74, 6) is 2.25. The molecule has 106 valence electrons. The second-order valence-corrected chi connectivity index (χ2v) is 5.59. The van der Waals surface area contributed by atoms with Gasteiger partial charge in [-0.05, 0) is 37.5 Å². The molecule has 0 aromatic carbocycles. The van der Waals surface area contributed by atoms with E-state index in [0.717, 1.165) is 30.1 Å². The third-order valence-corrected chi connectivity index (χ3v) is 4.57. The molecule has 1 fully saturated rings. The van der Waals surface area contributed by atoms with Crippen LogP contribution in [0.4, 0.5) is 5.95 Å². The highest BCUT2D eigenvalue weighted by molar-refractivity contribution is 5.28. The van der Waals surface area contributed by atoms with Crippen molar-refractivity contribution in [1.82, 2.24) is 15.2 Å². The van der Waals surface area contributed by atoms with Crippen LogP contribution in [0.3, 0.4) is 0 Å². The predicted molar refractivity (Wildman–Crippen MR) is 78.2 cm³/mol. The summed E-state index contributed by atoms with van der Waals surface area (Å²) in [5, 5.41) is 12.0. The van der Waals surface area contributed by atoms with Gasteiger partial charge in [0.05, 0.1) is 11.4 Å². The maximum absolute atomic E-state index is 4.63. The van der Waals surface area contributed by atoms with Crippen molar-refractivity contribution in [3.8, 4) is 0 Å². The van der Waals surface area contributed by atoms with Gasteiger partial charge in [-0.3, -0.25) is 0 Å². The molecule has 19 heavy (non-hydrogen) atoms. The molecule has 1 aromatic heterocycles. The molecule has 0 amide bonds. The highest BCUT2D eigenvalue weighted by atomic mass is 15.2. The SMILES string of the molecule is CCc1nnc(NC2CCC(CC)C2C)nc1CC. The molecule has 3 atom stereocenters. The van der Waals surface area contributed by atoms with Crippen molar-refractivity contribution >= 4 is 5.95 Å². The van der Waals surface area contributed by atoms with E-state index in [1.807, 2.05) is 0 Å². The number of anilines is 1. The van der Waals surface area contributed by atoms with Gasteiger partial charge in [-0.25, -0.2) is 4.98 Å². The van der Waals surface area contributed by atoms with Gasteiger partial charge in [-0.1, -0.05) is 34.1 Å².